The fraction of sp³-hybridized carbons (Fsp3) is 0.500. The van der Waals surface area contributed by atoms with Gasteiger partial charge in [0.15, 0.2) is 12.4 Å². The molecular formula is C12H15NO8. The Morgan fingerprint density at radius 2 is 1.81 bits per heavy atom. The number of non-ortho nitro benzene ring substituents is 1. The van der Waals surface area contributed by atoms with Gasteiger partial charge in [-0.15, -0.1) is 0 Å². The average molecular weight is 301 g/mol. The number of hydrogen-bond acceptors (Lipinski definition) is 8. The Bertz CT molecular complexity index is 493. The molecule has 0 aliphatic carbocycles. The van der Waals surface area contributed by atoms with Crippen molar-refractivity contribution in [2.45, 2.75) is 30.7 Å². The molecule has 1 aliphatic rings. The molecule has 0 unspecified atom stereocenters. The molecule has 1 aromatic carbocycles. The maximum Gasteiger partial charge on any atom is 0.269 e. The molecule has 1 saturated heterocycles. The van der Waals surface area contributed by atoms with Gasteiger partial charge in [-0.3, -0.25) is 10.1 Å². The average Bonchev–Trinajstić information content (AvgIpc) is 2.47. The molecule has 1 aromatic rings. The topological polar surface area (TPSA) is 143 Å². The summed E-state index contributed by atoms with van der Waals surface area (Å²) in [7, 11) is 0. The fourth-order valence-electron chi connectivity index (χ4n) is 2.00. The molecule has 1 heterocycles. The number of nitro groups is 1. The molecule has 4 N–H and O–H groups in total. The van der Waals surface area contributed by atoms with Crippen LogP contribution in [0, 0.1) is 10.1 Å². The van der Waals surface area contributed by atoms with Crippen molar-refractivity contribution in [3.63, 3.8) is 0 Å². The Kier molecular flexibility index (Phi) is 4.70. The normalized spacial score (nSPS) is 32.7. The summed E-state index contributed by atoms with van der Waals surface area (Å²) < 4.78 is 10.2. The van der Waals surface area contributed by atoms with E-state index in [0.717, 1.165) is 0 Å². The molecule has 1 fully saturated rings. The second-order valence-electron chi connectivity index (χ2n) is 4.56. The number of benzene rings is 1. The van der Waals surface area contributed by atoms with Gasteiger partial charge < -0.3 is 29.9 Å². The van der Waals surface area contributed by atoms with Crippen molar-refractivity contribution < 1.29 is 34.8 Å². The zero-order chi connectivity index (χ0) is 15.6. The van der Waals surface area contributed by atoms with E-state index in [1.807, 2.05) is 0 Å². The fourth-order valence-corrected chi connectivity index (χ4v) is 2.00. The smallest absolute Gasteiger partial charge is 0.269 e. The third kappa shape index (κ3) is 3.28. The molecule has 0 radical (unpaired) electrons. The van der Waals surface area contributed by atoms with Gasteiger partial charge in [-0.2, -0.15) is 0 Å². The number of hydrogen-bond donors (Lipinski definition) is 4. The van der Waals surface area contributed by atoms with Crippen LogP contribution >= 0.6 is 0 Å². The van der Waals surface area contributed by atoms with E-state index in [9.17, 15) is 25.4 Å². The first-order chi connectivity index (χ1) is 9.93. The van der Waals surface area contributed by atoms with Crippen LogP contribution in [0.5, 0.6) is 5.75 Å². The van der Waals surface area contributed by atoms with Crippen LogP contribution in [0.4, 0.5) is 5.69 Å². The highest BCUT2D eigenvalue weighted by Gasteiger charge is 2.45. The van der Waals surface area contributed by atoms with Crippen LogP contribution in [0.15, 0.2) is 24.3 Å². The summed E-state index contributed by atoms with van der Waals surface area (Å²) in [4.78, 5) is 9.95. The standard InChI is InChI=1S/C12H15NO8/c14-5-8-9(15)10(16)11(12(17)21-8)20-7-3-1-6(2-4-7)13(18)19/h1-4,8-12,14-17H,5H2/t8-,9-,10+,11+,12-/m1/s1. The molecule has 0 saturated carbocycles. The molecule has 0 amide bonds. The van der Waals surface area contributed by atoms with Gasteiger partial charge in [0.05, 0.1) is 11.5 Å². The first-order valence-corrected chi connectivity index (χ1v) is 6.15. The van der Waals surface area contributed by atoms with Crippen molar-refractivity contribution in [1.29, 1.82) is 0 Å². The van der Waals surface area contributed by atoms with E-state index in [1.165, 1.54) is 24.3 Å². The second-order valence-corrected chi connectivity index (χ2v) is 4.56. The van der Waals surface area contributed by atoms with Gasteiger partial charge in [0.2, 0.25) is 0 Å². The molecule has 9 heteroatoms. The Hall–Kier alpha value is -1.78. The van der Waals surface area contributed by atoms with Crippen LogP contribution in [-0.2, 0) is 4.74 Å². The summed E-state index contributed by atoms with van der Waals surface area (Å²) in [5.41, 5.74) is -0.135. The van der Waals surface area contributed by atoms with E-state index < -0.39 is 42.2 Å². The molecule has 2 rings (SSSR count). The van der Waals surface area contributed by atoms with Crippen molar-refractivity contribution >= 4 is 5.69 Å². The molecular weight excluding hydrogens is 286 g/mol. The number of aliphatic hydroxyl groups excluding tert-OH is 4. The lowest BCUT2D eigenvalue weighted by molar-refractivity contribution is -0.384. The summed E-state index contributed by atoms with van der Waals surface area (Å²) in [5, 5.41) is 48.8. The number of nitro benzene ring substituents is 1. The highest BCUT2D eigenvalue weighted by atomic mass is 16.7. The predicted molar refractivity (Wildman–Crippen MR) is 67.5 cm³/mol. The molecule has 9 nitrogen and oxygen atoms in total. The molecule has 1 aliphatic heterocycles. The van der Waals surface area contributed by atoms with Crippen LogP contribution < -0.4 is 4.74 Å². The number of ether oxygens (including phenoxy) is 2. The molecule has 0 bridgehead atoms. The first-order valence-electron chi connectivity index (χ1n) is 6.15. The molecule has 0 aromatic heterocycles. The van der Waals surface area contributed by atoms with E-state index in [1.54, 1.807) is 0 Å². The van der Waals surface area contributed by atoms with E-state index >= 15 is 0 Å². The van der Waals surface area contributed by atoms with Crippen LogP contribution in [0.25, 0.3) is 0 Å². The van der Waals surface area contributed by atoms with Gasteiger partial charge in [0.25, 0.3) is 5.69 Å². The summed E-state index contributed by atoms with van der Waals surface area (Å²) in [6, 6.07) is 4.99. The summed E-state index contributed by atoms with van der Waals surface area (Å²) in [6.07, 6.45) is -6.88. The van der Waals surface area contributed by atoms with E-state index in [0.29, 0.717) is 0 Å². The zero-order valence-electron chi connectivity index (χ0n) is 10.8. The number of aliphatic hydroxyl groups is 4. The van der Waals surface area contributed by atoms with E-state index in [4.69, 9.17) is 14.6 Å². The zero-order valence-corrected chi connectivity index (χ0v) is 10.8. The van der Waals surface area contributed by atoms with Gasteiger partial charge in [-0.1, -0.05) is 0 Å². The maximum atomic E-state index is 10.5. The highest BCUT2D eigenvalue weighted by molar-refractivity contribution is 5.36. The SMILES string of the molecule is O=[N+]([O-])c1ccc(O[C@H]2[C@@H](O)[C@H](O)[C@@H](CO)O[C@H]2O)cc1. The van der Waals surface area contributed by atoms with Gasteiger partial charge in [0.1, 0.15) is 24.1 Å². The molecule has 21 heavy (non-hydrogen) atoms. The minimum atomic E-state index is -1.56. The lowest BCUT2D eigenvalue weighted by Crippen LogP contribution is -2.60. The van der Waals surface area contributed by atoms with Crippen molar-refractivity contribution in [1.82, 2.24) is 0 Å². The Labute approximate surface area is 119 Å². The van der Waals surface area contributed by atoms with Crippen molar-refractivity contribution in [3.05, 3.63) is 34.4 Å². The van der Waals surface area contributed by atoms with Crippen molar-refractivity contribution in [2.24, 2.45) is 0 Å². The summed E-state index contributed by atoms with van der Waals surface area (Å²) in [6.45, 7) is -0.570. The third-order valence-corrected chi connectivity index (χ3v) is 3.16. The minimum absolute atomic E-state index is 0.135. The monoisotopic (exact) mass is 301 g/mol. The van der Waals surface area contributed by atoms with Crippen LogP contribution in [-0.4, -0.2) is 62.7 Å². The quantitative estimate of drug-likeness (QED) is 0.400. The van der Waals surface area contributed by atoms with Gasteiger partial charge in [-0.05, 0) is 12.1 Å². The molecule has 0 spiro atoms. The van der Waals surface area contributed by atoms with E-state index in [2.05, 4.69) is 0 Å². The number of rotatable bonds is 4. The van der Waals surface area contributed by atoms with Crippen molar-refractivity contribution in [2.75, 3.05) is 6.61 Å². The Balaban J connectivity index is 2.09. The largest absolute Gasteiger partial charge is 0.482 e. The Morgan fingerprint density at radius 3 is 2.33 bits per heavy atom. The van der Waals surface area contributed by atoms with Crippen LogP contribution in [0.2, 0.25) is 0 Å². The molecule has 5 atom stereocenters. The summed E-state index contributed by atoms with van der Waals surface area (Å²) >= 11 is 0. The Morgan fingerprint density at radius 1 is 1.19 bits per heavy atom. The summed E-state index contributed by atoms with van der Waals surface area (Å²) in [5.74, 6) is 0.155. The van der Waals surface area contributed by atoms with Gasteiger partial charge in [0, 0.05) is 12.1 Å². The lowest BCUT2D eigenvalue weighted by atomic mass is 9.99. The second kappa shape index (κ2) is 6.33. The van der Waals surface area contributed by atoms with Crippen LogP contribution in [0.1, 0.15) is 0 Å². The molecule has 116 valence electrons. The van der Waals surface area contributed by atoms with E-state index in [-0.39, 0.29) is 11.4 Å². The van der Waals surface area contributed by atoms with Crippen molar-refractivity contribution in [3.8, 4) is 5.75 Å². The van der Waals surface area contributed by atoms with Gasteiger partial charge >= 0.3 is 0 Å². The highest BCUT2D eigenvalue weighted by Crippen LogP contribution is 2.25. The number of nitrogens with zero attached hydrogens (tertiary/aromatic N) is 1. The maximum absolute atomic E-state index is 10.5. The van der Waals surface area contributed by atoms with Gasteiger partial charge in [-0.25, -0.2) is 0 Å². The van der Waals surface area contributed by atoms with Crippen LogP contribution in [0.3, 0.4) is 0 Å². The minimum Gasteiger partial charge on any atom is -0.482 e. The third-order valence-electron chi connectivity index (χ3n) is 3.16. The lowest BCUT2D eigenvalue weighted by Gasteiger charge is -2.39. The first kappa shape index (κ1) is 15.6. The predicted octanol–water partition coefficient (Wildman–Crippen LogP) is -1.23.